The van der Waals surface area contributed by atoms with Gasteiger partial charge in [-0.15, -0.1) is 0 Å². The highest BCUT2D eigenvalue weighted by molar-refractivity contribution is 5.80. The normalized spacial score (nSPS) is 21.6. The van der Waals surface area contributed by atoms with Crippen LogP contribution in [0.25, 0.3) is 11.0 Å². The molecule has 156 valence electrons. The van der Waals surface area contributed by atoms with Crippen molar-refractivity contribution in [2.45, 2.75) is 20.0 Å². The van der Waals surface area contributed by atoms with Gasteiger partial charge < -0.3 is 15.2 Å². The van der Waals surface area contributed by atoms with Crippen LogP contribution in [0.3, 0.4) is 0 Å². The molecule has 3 aromatic rings. The van der Waals surface area contributed by atoms with E-state index in [1.807, 2.05) is 24.8 Å². The topological polar surface area (TPSA) is 89.7 Å². The molecule has 3 heterocycles. The van der Waals surface area contributed by atoms with Crippen LogP contribution in [0, 0.1) is 29.0 Å². The fourth-order valence-corrected chi connectivity index (χ4v) is 4.05. The number of aromatic amines is 1. The molecule has 1 unspecified atom stereocenters. The van der Waals surface area contributed by atoms with Crippen LogP contribution >= 0.6 is 0 Å². The molecular formula is C21H22F2N6O. The molecule has 3 atom stereocenters. The van der Waals surface area contributed by atoms with Crippen molar-refractivity contribution < 1.29 is 8.78 Å². The van der Waals surface area contributed by atoms with E-state index in [1.54, 1.807) is 25.2 Å². The van der Waals surface area contributed by atoms with Crippen molar-refractivity contribution in [1.29, 1.82) is 5.26 Å². The number of hydrogen-bond acceptors (Lipinski definition) is 5. The summed E-state index contributed by atoms with van der Waals surface area (Å²) in [6.45, 7) is 4.43. The number of imidazole rings is 1. The Morgan fingerprint density at radius 3 is 2.63 bits per heavy atom. The quantitative estimate of drug-likeness (QED) is 0.688. The van der Waals surface area contributed by atoms with Gasteiger partial charge in [0.1, 0.15) is 18.1 Å². The highest BCUT2D eigenvalue weighted by Gasteiger charge is 2.33. The lowest BCUT2D eigenvalue weighted by atomic mass is 9.89. The molecule has 2 N–H and O–H groups in total. The standard InChI is InChI=1S/C21H22F2N6O/c1-11-9-29(10-12(2)18(11)23)20-13(8-24)6-15(22)19(27-20)25-14-4-5-17-16(7-14)26-21(30)28(17)3/h4-7,11-12,18H,9-10H2,1-3H3,(H,25,27)(H,26,30)/t11-,12+,18?. The molecule has 0 aliphatic carbocycles. The Balaban J connectivity index is 1.70. The molecule has 0 radical (unpaired) electrons. The van der Waals surface area contributed by atoms with Gasteiger partial charge in [0.25, 0.3) is 0 Å². The van der Waals surface area contributed by atoms with Crippen molar-refractivity contribution in [2.24, 2.45) is 18.9 Å². The number of halogens is 2. The molecular weight excluding hydrogens is 390 g/mol. The number of benzene rings is 1. The van der Waals surface area contributed by atoms with Crippen LogP contribution in [0.5, 0.6) is 0 Å². The van der Waals surface area contributed by atoms with Gasteiger partial charge in [0.2, 0.25) is 0 Å². The third-order valence-electron chi connectivity index (χ3n) is 5.65. The number of nitriles is 1. The summed E-state index contributed by atoms with van der Waals surface area (Å²) in [5, 5.41) is 12.4. The smallest absolute Gasteiger partial charge is 0.326 e. The number of H-pyrrole nitrogens is 1. The average Bonchev–Trinajstić information content (AvgIpc) is 3.00. The minimum atomic E-state index is -0.926. The number of nitrogens with one attached hydrogen (secondary N) is 2. The summed E-state index contributed by atoms with van der Waals surface area (Å²) in [6, 6.07) is 8.28. The Bertz CT molecular complexity index is 1200. The van der Waals surface area contributed by atoms with Crippen molar-refractivity contribution in [1.82, 2.24) is 14.5 Å². The largest absolute Gasteiger partial charge is 0.355 e. The molecule has 0 bridgehead atoms. The predicted octanol–water partition coefficient (Wildman–Crippen LogP) is 3.45. The maximum atomic E-state index is 14.7. The molecule has 1 aliphatic rings. The second-order valence-corrected chi connectivity index (χ2v) is 7.95. The summed E-state index contributed by atoms with van der Waals surface area (Å²) < 4.78 is 30.4. The van der Waals surface area contributed by atoms with E-state index in [-0.39, 0.29) is 28.9 Å². The maximum Gasteiger partial charge on any atom is 0.326 e. The van der Waals surface area contributed by atoms with Gasteiger partial charge in [-0.25, -0.2) is 18.6 Å². The van der Waals surface area contributed by atoms with Gasteiger partial charge in [-0.1, -0.05) is 13.8 Å². The Hall–Kier alpha value is -3.41. The van der Waals surface area contributed by atoms with E-state index < -0.39 is 12.0 Å². The highest BCUT2D eigenvalue weighted by atomic mass is 19.1. The highest BCUT2D eigenvalue weighted by Crippen LogP contribution is 2.32. The van der Waals surface area contributed by atoms with Gasteiger partial charge in [-0.05, 0) is 24.3 Å². The van der Waals surface area contributed by atoms with Gasteiger partial charge in [-0.3, -0.25) is 4.57 Å². The minimum Gasteiger partial charge on any atom is -0.355 e. The molecule has 30 heavy (non-hydrogen) atoms. The van der Waals surface area contributed by atoms with Crippen LogP contribution in [-0.4, -0.2) is 33.8 Å². The van der Waals surface area contributed by atoms with E-state index in [4.69, 9.17) is 0 Å². The van der Waals surface area contributed by atoms with Crippen LogP contribution in [0.4, 0.5) is 26.1 Å². The van der Waals surface area contributed by atoms with E-state index in [2.05, 4.69) is 15.3 Å². The van der Waals surface area contributed by atoms with Gasteiger partial charge in [0.05, 0.1) is 16.6 Å². The first-order valence-electron chi connectivity index (χ1n) is 9.74. The third kappa shape index (κ3) is 3.38. The first kappa shape index (κ1) is 19.9. The van der Waals surface area contributed by atoms with E-state index in [9.17, 15) is 18.8 Å². The molecule has 1 fully saturated rings. The number of rotatable bonds is 3. The number of aromatic nitrogens is 3. The van der Waals surface area contributed by atoms with Crippen molar-refractivity contribution in [2.75, 3.05) is 23.3 Å². The Labute approximate surface area is 172 Å². The second kappa shape index (κ2) is 7.44. The van der Waals surface area contributed by atoms with Crippen LogP contribution in [0.2, 0.25) is 0 Å². The predicted molar refractivity (Wildman–Crippen MR) is 111 cm³/mol. The van der Waals surface area contributed by atoms with Gasteiger partial charge in [0, 0.05) is 37.7 Å². The summed E-state index contributed by atoms with van der Waals surface area (Å²) in [7, 11) is 1.66. The van der Waals surface area contributed by atoms with Crippen LogP contribution in [-0.2, 0) is 7.05 Å². The molecule has 0 amide bonds. The fraction of sp³-hybridized carbons (Fsp3) is 0.381. The molecule has 1 aliphatic heterocycles. The van der Waals surface area contributed by atoms with Crippen LogP contribution in [0.15, 0.2) is 29.1 Å². The monoisotopic (exact) mass is 412 g/mol. The lowest BCUT2D eigenvalue weighted by Gasteiger charge is -2.38. The van der Waals surface area contributed by atoms with Crippen LogP contribution in [0.1, 0.15) is 19.4 Å². The first-order chi connectivity index (χ1) is 14.3. The molecule has 0 spiro atoms. The van der Waals surface area contributed by atoms with E-state index in [0.29, 0.717) is 30.1 Å². The zero-order valence-corrected chi connectivity index (χ0v) is 16.9. The number of alkyl halides is 1. The third-order valence-corrected chi connectivity index (χ3v) is 5.65. The summed E-state index contributed by atoms with van der Waals surface area (Å²) >= 11 is 0. The van der Waals surface area contributed by atoms with Crippen molar-refractivity contribution in [3.63, 3.8) is 0 Å². The molecule has 4 rings (SSSR count). The number of nitrogens with zero attached hydrogens (tertiary/aromatic N) is 4. The van der Waals surface area contributed by atoms with Crippen molar-refractivity contribution in [3.05, 3.63) is 46.1 Å². The summed E-state index contributed by atoms with van der Waals surface area (Å²) in [5.41, 5.74) is 1.73. The number of piperidine rings is 1. The Kier molecular flexibility index (Phi) is 4.94. The zero-order valence-electron chi connectivity index (χ0n) is 16.9. The van der Waals surface area contributed by atoms with Gasteiger partial charge in [-0.2, -0.15) is 5.26 Å². The number of aryl methyl sites for hydroxylation is 1. The lowest BCUT2D eigenvalue weighted by molar-refractivity contribution is 0.148. The summed E-state index contributed by atoms with van der Waals surface area (Å²) in [5.74, 6) is -0.814. The maximum absolute atomic E-state index is 14.7. The number of pyridine rings is 1. The van der Waals surface area contributed by atoms with Crippen LogP contribution < -0.4 is 15.9 Å². The van der Waals surface area contributed by atoms with E-state index >= 15 is 0 Å². The zero-order chi connectivity index (χ0) is 21.6. The minimum absolute atomic E-state index is 0.0377. The Morgan fingerprint density at radius 1 is 1.27 bits per heavy atom. The average molecular weight is 412 g/mol. The van der Waals surface area contributed by atoms with E-state index in [1.165, 1.54) is 4.57 Å². The molecule has 1 aromatic carbocycles. The lowest BCUT2D eigenvalue weighted by Crippen LogP contribution is -2.46. The van der Waals surface area contributed by atoms with E-state index in [0.717, 1.165) is 11.6 Å². The Morgan fingerprint density at radius 2 is 1.97 bits per heavy atom. The molecule has 9 heteroatoms. The number of hydrogen-bond donors (Lipinski definition) is 2. The van der Waals surface area contributed by atoms with Gasteiger partial charge >= 0.3 is 5.69 Å². The summed E-state index contributed by atoms with van der Waals surface area (Å²) in [6.07, 6.45) is -0.926. The molecule has 1 saturated heterocycles. The molecule has 2 aromatic heterocycles. The number of fused-ring (bicyclic) bond motifs is 1. The second-order valence-electron chi connectivity index (χ2n) is 7.95. The molecule has 0 saturated carbocycles. The SMILES string of the molecule is C[C@@H]1CN(c2nc(Nc3ccc4c(c3)[nH]c(=O)n4C)c(F)cc2C#N)C[C@H](C)C1F. The number of anilines is 3. The first-order valence-corrected chi connectivity index (χ1v) is 9.74. The fourth-order valence-electron chi connectivity index (χ4n) is 4.05. The summed E-state index contributed by atoms with van der Waals surface area (Å²) in [4.78, 5) is 20.7. The molecule has 7 nitrogen and oxygen atoms in total. The van der Waals surface area contributed by atoms with Crippen molar-refractivity contribution in [3.8, 4) is 6.07 Å². The van der Waals surface area contributed by atoms with Crippen molar-refractivity contribution >= 4 is 28.4 Å². The van der Waals surface area contributed by atoms with Gasteiger partial charge in [0.15, 0.2) is 11.6 Å².